The van der Waals surface area contributed by atoms with Crippen molar-refractivity contribution in [1.82, 2.24) is 14.8 Å². The molecule has 0 aliphatic rings. The van der Waals surface area contributed by atoms with Crippen LogP contribution < -0.4 is 0 Å². The highest BCUT2D eigenvalue weighted by Gasteiger charge is 2.14. The van der Waals surface area contributed by atoms with Crippen LogP contribution in [-0.4, -0.2) is 14.8 Å². The first kappa shape index (κ1) is 15.0. The van der Waals surface area contributed by atoms with Crippen LogP contribution in [0.2, 0.25) is 5.02 Å². The van der Waals surface area contributed by atoms with Gasteiger partial charge in [-0.2, -0.15) is 5.26 Å². The van der Waals surface area contributed by atoms with Crippen LogP contribution >= 0.6 is 11.6 Å². The third-order valence-corrected chi connectivity index (χ3v) is 3.82. The van der Waals surface area contributed by atoms with Crippen LogP contribution in [0.3, 0.4) is 0 Å². The summed E-state index contributed by atoms with van der Waals surface area (Å²) in [6, 6.07) is 19.3. The van der Waals surface area contributed by atoms with Crippen molar-refractivity contribution < 1.29 is 0 Å². The Bertz CT molecular complexity index is 904. The second-order valence-electron chi connectivity index (χ2n) is 4.96. The van der Waals surface area contributed by atoms with Crippen LogP contribution in [0.5, 0.6) is 0 Å². The van der Waals surface area contributed by atoms with Crippen LogP contribution in [0.25, 0.3) is 23.0 Å². The lowest BCUT2D eigenvalue weighted by atomic mass is 10.1. The topological polar surface area (TPSA) is 54.5 Å². The number of hydrogen-bond acceptors (Lipinski definition) is 3. The van der Waals surface area contributed by atoms with Crippen LogP contribution in [0.4, 0.5) is 0 Å². The van der Waals surface area contributed by atoms with Crippen LogP contribution in [0.1, 0.15) is 11.4 Å². The largest absolute Gasteiger partial charge is 0.310 e. The summed E-state index contributed by atoms with van der Waals surface area (Å²) in [5.41, 5.74) is 2.13. The zero-order chi connectivity index (χ0) is 16.2. The molecule has 5 heteroatoms. The van der Waals surface area contributed by atoms with E-state index in [1.165, 1.54) is 0 Å². The predicted molar refractivity (Wildman–Crippen MR) is 91.4 cm³/mol. The lowest BCUT2D eigenvalue weighted by Gasteiger charge is -2.04. The minimum atomic E-state index is 0.412. The summed E-state index contributed by atoms with van der Waals surface area (Å²) in [6.45, 7) is 0. The molecule has 0 radical (unpaired) electrons. The Morgan fingerprint density at radius 2 is 1.78 bits per heavy atom. The Kier molecular flexibility index (Phi) is 4.22. The number of allylic oxidation sites excluding steroid dienone is 1. The van der Waals surface area contributed by atoms with E-state index in [2.05, 4.69) is 16.3 Å². The van der Waals surface area contributed by atoms with Crippen molar-refractivity contribution >= 4 is 23.3 Å². The van der Waals surface area contributed by atoms with Gasteiger partial charge in [0.15, 0.2) is 11.6 Å². The zero-order valence-electron chi connectivity index (χ0n) is 12.4. The number of nitriles is 1. The maximum atomic E-state index is 9.49. The monoisotopic (exact) mass is 320 g/mol. The molecule has 0 aliphatic carbocycles. The standard InChI is InChI=1S/C18H13ClN4/c1-23-17(13-7-3-2-4-8-13)21-22-18(23)15(12-20)11-14-9-5-6-10-16(14)19/h2-11H,1H3/b15-11-. The smallest absolute Gasteiger partial charge is 0.174 e. The van der Waals surface area contributed by atoms with Gasteiger partial charge in [0, 0.05) is 17.6 Å². The second kappa shape index (κ2) is 6.47. The molecule has 0 bridgehead atoms. The van der Waals surface area contributed by atoms with E-state index in [1.54, 1.807) is 16.7 Å². The second-order valence-corrected chi connectivity index (χ2v) is 5.37. The molecule has 0 fully saturated rings. The van der Waals surface area contributed by atoms with Gasteiger partial charge in [-0.3, -0.25) is 0 Å². The molecule has 4 nitrogen and oxygen atoms in total. The van der Waals surface area contributed by atoms with Gasteiger partial charge < -0.3 is 4.57 Å². The van der Waals surface area contributed by atoms with Crippen molar-refractivity contribution in [3.63, 3.8) is 0 Å². The molecule has 0 aliphatic heterocycles. The van der Waals surface area contributed by atoms with Crippen LogP contribution in [0.15, 0.2) is 54.6 Å². The molecule has 112 valence electrons. The summed E-state index contributed by atoms with van der Waals surface area (Å²) < 4.78 is 1.81. The van der Waals surface area contributed by atoms with Crippen molar-refractivity contribution in [2.24, 2.45) is 7.05 Å². The van der Waals surface area contributed by atoms with Gasteiger partial charge in [-0.25, -0.2) is 0 Å². The average Bonchev–Trinajstić information content (AvgIpc) is 2.96. The molecule has 0 saturated carbocycles. The fraction of sp³-hybridized carbons (Fsp3) is 0.0556. The molecule has 1 heterocycles. The predicted octanol–water partition coefficient (Wildman–Crippen LogP) is 4.20. The zero-order valence-corrected chi connectivity index (χ0v) is 13.2. The fourth-order valence-electron chi connectivity index (χ4n) is 2.30. The number of halogens is 1. The van der Waals surface area contributed by atoms with E-state index in [4.69, 9.17) is 11.6 Å². The molecule has 0 amide bonds. The minimum absolute atomic E-state index is 0.412. The van der Waals surface area contributed by atoms with Gasteiger partial charge in [0.25, 0.3) is 0 Å². The molecule has 0 unspecified atom stereocenters. The van der Waals surface area contributed by atoms with Crippen LogP contribution in [0, 0.1) is 11.3 Å². The van der Waals surface area contributed by atoms with Gasteiger partial charge in [0.1, 0.15) is 6.07 Å². The Balaban J connectivity index is 2.06. The number of benzene rings is 2. The first-order chi connectivity index (χ1) is 11.2. The molecule has 23 heavy (non-hydrogen) atoms. The van der Waals surface area contributed by atoms with E-state index in [1.807, 2.05) is 55.6 Å². The Morgan fingerprint density at radius 1 is 1.09 bits per heavy atom. The van der Waals surface area contributed by atoms with Crippen molar-refractivity contribution in [3.05, 3.63) is 71.0 Å². The molecule has 3 aromatic rings. The van der Waals surface area contributed by atoms with Gasteiger partial charge in [0.2, 0.25) is 0 Å². The van der Waals surface area contributed by atoms with Gasteiger partial charge in [-0.15, -0.1) is 10.2 Å². The lowest BCUT2D eigenvalue weighted by Crippen LogP contribution is -1.98. The number of rotatable bonds is 3. The molecular formula is C18H13ClN4. The normalized spacial score (nSPS) is 11.3. The third kappa shape index (κ3) is 3.01. The van der Waals surface area contributed by atoms with E-state index in [0.717, 1.165) is 11.1 Å². The van der Waals surface area contributed by atoms with Gasteiger partial charge >= 0.3 is 0 Å². The quantitative estimate of drug-likeness (QED) is 0.680. The molecule has 0 spiro atoms. The SMILES string of the molecule is Cn1c(/C(C#N)=C\c2ccccc2Cl)nnc1-c1ccccc1. The van der Waals surface area contributed by atoms with Gasteiger partial charge in [-0.05, 0) is 17.7 Å². The van der Waals surface area contributed by atoms with Crippen molar-refractivity contribution in [2.75, 3.05) is 0 Å². The Hall–Kier alpha value is -2.90. The third-order valence-electron chi connectivity index (χ3n) is 3.47. The Morgan fingerprint density at radius 3 is 2.48 bits per heavy atom. The van der Waals surface area contributed by atoms with E-state index < -0.39 is 0 Å². The Labute approximate surface area is 139 Å². The number of nitrogens with zero attached hydrogens (tertiary/aromatic N) is 4. The van der Waals surface area contributed by atoms with Gasteiger partial charge in [0.05, 0.1) is 5.57 Å². The maximum absolute atomic E-state index is 9.49. The van der Waals surface area contributed by atoms with Crippen molar-refractivity contribution in [3.8, 4) is 17.5 Å². The number of aromatic nitrogens is 3. The highest BCUT2D eigenvalue weighted by molar-refractivity contribution is 6.32. The molecule has 3 rings (SSSR count). The summed E-state index contributed by atoms with van der Waals surface area (Å²) in [4.78, 5) is 0. The molecule has 0 saturated heterocycles. The summed E-state index contributed by atoms with van der Waals surface area (Å²) in [7, 11) is 1.84. The highest BCUT2D eigenvalue weighted by atomic mass is 35.5. The van der Waals surface area contributed by atoms with E-state index in [9.17, 15) is 5.26 Å². The maximum Gasteiger partial charge on any atom is 0.174 e. The molecule has 0 atom stereocenters. The summed E-state index contributed by atoms with van der Waals surface area (Å²) >= 11 is 6.16. The van der Waals surface area contributed by atoms with E-state index in [-0.39, 0.29) is 0 Å². The molecule has 0 N–H and O–H groups in total. The van der Waals surface area contributed by atoms with Crippen molar-refractivity contribution in [2.45, 2.75) is 0 Å². The highest BCUT2D eigenvalue weighted by Crippen LogP contribution is 2.24. The first-order valence-corrected chi connectivity index (χ1v) is 7.40. The van der Waals surface area contributed by atoms with E-state index in [0.29, 0.717) is 22.2 Å². The average molecular weight is 321 g/mol. The minimum Gasteiger partial charge on any atom is -0.310 e. The first-order valence-electron chi connectivity index (χ1n) is 7.02. The summed E-state index contributed by atoms with van der Waals surface area (Å²) in [5.74, 6) is 1.21. The molecule has 1 aromatic heterocycles. The molecular weight excluding hydrogens is 308 g/mol. The summed E-state index contributed by atoms with van der Waals surface area (Å²) in [6.07, 6.45) is 1.72. The van der Waals surface area contributed by atoms with E-state index >= 15 is 0 Å². The molecule has 2 aromatic carbocycles. The number of hydrogen-bond donors (Lipinski definition) is 0. The van der Waals surface area contributed by atoms with Gasteiger partial charge in [-0.1, -0.05) is 60.1 Å². The van der Waals surface area contributed by atoms with Crippen LogP contribution in [-0.2, 0) is 7.05 Å². The lowest BCUT2D eigenvalue weighted by molar-refractivity contribution is 0.901. The van der Waals surface area contributed by atoms with Crippen molar-refractivity contribution in [1.29, 1.82) is 5.26 Å². The summed E-state index contributed by atoms with van der Waals surface area (Å²) in [5, 5.41) is 18.5. The fourth-order valence-corrected chi connectivity index (χ4v) is 2.49.